The Morgan fingerprint density at radius 2 is 2.13 bits per heavy atom. The number of anilines is 1. The number of amides is 1. The lowest BCUT2D eigenvalue weighted by molar-refractivity contribution is -0.165. The molecule has 6 heteroatoms. The van der Waals surface area contributed by atoms with E-state index in [1.807, 2.05) is 18.2 Å². The molecule has 0 radical (unpaired) electrons. The minimum Gasteiger partial charge on any atom is -0.464 e. The number of ether oxygens (including phenoxy) is 1. The summed E-state index contributed by atoms with van der Waals surface area (Å²) in [6, 6.07) is 10.8. The number of carbonyl (C=O) groups is 1. The van der Waals surface area contributed by atoms with Crippen molar-refractivity contribution in [2.75, 3.05) is 4.90 Å². The average Bonchev–Trinajstić information content (AvgIpc) is 3.27. The van der Waals surface area contributed by atoms with Gasteiger partial charge in [-0.1, -0.05) is 18.2 Å². The summed E-state index contributed by atoms with van der Waals surface area (Å²) < 4.78 is 11.8. The van der Waals surface area contributed by atoms with E-state index >= 15 is 0 Å². The smallest absolute Gasteiger partial charge is 0.250 e. The number of aliphatic hydroxyl groups is 1. The van der Waals surface area contributed by atoms with Crippen LogP contribution in [0.2, 0.25) is 0 Å². The molecule has 3 aliphatic heterocycles. The third kappa shape index (κ3) is 1.45. The maximum Gasteiger partial charge on any atom is 0.250 e. The van der Waals surface area contributed by atoms with Gasteiger partial charge in [0, 0.05) is 18.4 Å². The number of aliphatic imine (C=N–C) groups is 1. The highest BCUT2D eigenvalue weighted by Gasteiger charge is 2.62. The van der Waals surface area contributed by atoms with Crippen LogP contribution in [0.15, 0.2) is 52.1 Å². The highest BCUT2D eigenvalue weighted by Crippen LogP contribution is 2.55. The molecule has 2 aromatic rings. The second kappa shape index (κ2) is 4.10. The number of hydrogen-bond donors (Lipinski definition) is 1. The Balaban J connectivity index is 1.81. The summed E-state index contributed by atoms with van der Waals surface area (Å²) in [4.78, 5) is 18.6. The van der Waals surface area contributed by atoms with E-state index in [1.54, 1.807) is 29.3 Å². The van der Waals surface area contributed by atoms with E-state index < -0.39 is 17.6 Å². The quantitative estimate of drug-likeness (QED) is 0.875. The van der Waals surface area contributed by atoms with Gasteiger partial charge >= 0.3 is 0 Å². The van der Waals surface area contributed by atoms with Crippen molar-refractivity contribution in [3.05, 3.63) is 54.0 Å². The van der Waals surface area contributed by atoms with Crippen LogP contribution >= 0.6 is 0 Å². The van der Waals surface area contributed by atoms with Gasteiger partial charge in [-0.2, -0.15) is 0 Å². The van der Waals surface area contributed by atoms with E-state index in [4.69, 9.17) is 9.15 Å². The average molecular weight is 310 g/mol. The van der Waals surface area contributed by atoms with Crippen molar-refractivity contribution in [2.45, 2.75) is 30.4 Å². The van der Waals surface area contributed by atoms with Gasteiger partial charge in [-0.05, 0) is 18.2 Å². The third-order valence-electron chi connectivity index (χ3n) is 4.83. The van der Waals surface area contributed by atoms with Crippen molar-refractivity contribution in [1.29, 1.82) is 0 Å². The third-order valence-corrected chi connectivity index (χ3v) is 4.83. The van der Waals surface area contributed by atoms with Crippen molar-refractivity contribution in [3.8, 4) is 0 Å². The first-order valence-electron chi connectivity index (χ1n) is 7.57. The molecule has 1 saturated heterocycles. The Hall–Kier alpha value is -2.44. The molecule has 0 unspecified atom stereocenters. The monoisotopic (exact) mass is 310 g/mol. The molecule has 6 nitrogen and oxygen atoms in total. The number of aliphatic hydroxyl groups excluding tert-OH is 1. The SMILES string of the molecule is O=C1CC[C@]23C=N[C@](c4ccco4)(O2)[C@@H](O)c2ccccc2N13. The van der Waals surface area contributed by atoms with Gasteiger partial charge in [0.25, 0.3) is 5.72 Å². The van der Waals surface area contributed by atoms with Gasteiger partial charge in [-0.3, -0.25) is 9.69 Å². The summed E-state index contributed by atoms with van der Waals surface area (Å²) in [7, 11) is 0. The number of carbonyl (C=O) groups excluding carboxylic acids is 1. The van der Waals surface area contributed by atoms with Crippen LogP contribution in [-0.4, -0.2) is 23.0 Å². The first-order chi connectivity index (χ1) is 11.2. The molecule has 3 atom stereocenters. The number of furan rings is 1. The minimum absolute atomic E-state index is 0.0340. The summed E-state index contributed by atoms with van der Waals surface area (Å²) in [6.45, 7) is 0. The first-order valence-corrected chi connectivity index (χ1v) is 7.57. The van der Waals surface area contributed by atoms with E-state index in [9.17, 15) is 9.90 Å². The predicted octanol–water partition coefficient (Wildman–Crippen LogP) is 2.10. The number of benzene rings is 1. The van der Waals surface area contributed by atoms with Gasteiger partial charge in [0.15, 0.2) is 11.5 Å². The number of hydrogen-bond acceptors (Lipinski definition) is 5. The van der Waals surface area contributed by atoms with E-state index in [2.05, 4.69) is 4.99 Å². The topological polar surface area (TPSA) is 75.3 Å². The van der Waals surface area contributed by atoms with Crippen molar-refractivity contribution in [3.63, 3.8) is 0 Å². The maximum atomic E-state index is 12.5. The first kappa shape index (κ1) is 13.0. The standard InChI is InChI=1S/C17H14N2O4/c20-14-7-8-16-10-18-17(23-16,13-6-3-9-22-13)15(21)11-4-1-2-5-12(11)19(14)16/h1-6,9-10,15,21H,7-8H2/t15-,16+,17+/m0/s1. The Bertz CT molecular complexity index is 831. The van der Waals surface area contributed by atoms with Gasteiger partial charge < -0.3 is 14.3 Å². The Morgan fingerprint density at radius 1 is 1.26 bits per heavy atom. The van der Waals surface area contributed by atoms with Crippen LogP contribution in [0.3, 0.4) is 0 Å². The van der Waals surface area contributed by atoms with E-state index in [1.165, 1.54) is 6.26 Å². The summed E-state index contributed by atoms with van der Waals surface area (Å²) in [5.41, 5.74) is -1.05. The van der Waals surface area contributed by atoms with Crippen LogP contribution in [0.1, 0.15) is 30.3 Å². The highest BCUT2D eigenvalue weighted by atomic mass is 16.6. The summed E-state index contributed by atoms with van der Waals surface area (Å²) in [6.07, 6.45) is 2.97. The largest absolute Gasteiger partial charge is 0.464 e. The molecular formula is C17H14N2O4. The molecule has 3 aliphatic rings. The van der Waals surface area contributed by atoms with Crippen LogP contribution in [-0.2, 0) is 15.3 Å². The fraction of sp³-hybridized carbons (Fsp3) is 0.294. The Kier molecular flexibility index (Phi) is 2.32. The van der Waals surface area contributed by atoms with Crippen LogP contribution in [0.5, 0.6) is 0 Å². The summed E-state index contributed by atoms with van der Waals surface area (Å²) >= 11 is 0. The van der Waals surface area contributed by atoms with Crippen LogP contribution < -0.4 is 4.90 Å². The fourth-order valence-corrected chi connectivity index (χ4v) is 3.79. The lowest BCUT2D eigenvalue weighted by atomic mass is 9.95. The number of fused-ring (bicyclic) bond motifs is 3. The van der Waals surface area contributed by atoms with Crippen molar-refractivity contribution >= 4 is 17.8 Å². The maximum absolute atomic E-state index is 12.5. The zero-order valence-corrected chi connectivity index (χ0v) is 12.2. The molecule has 1 aromatic heterocycles. The Labute approximate surface area is 132 Å². The fourth-order valence-electron chi connectivity index (χ4n) is 3.79. The molecule has 1 fully saturated rings. The number of nitrogens with zero attached hydrogens (tertiary/aromatic N) is 2. The van der Waals surface area contributed by atoms with Crippen molar-refractivity contribution in [1.82, 2.24) is 0 Å². The summed E-state index contributed by atoms with van der Waals surface area (Å²) in [5.74, 6) is 0.391. The Morgan fingerprint density at radius 3 is 2.96 bits per heavy atom. The van der Waals surface area contributed by atoms with Crippen molar-refractivity contribution in [2.24, 2.45) is 4.99 Å². The molecule has 23 heavy (non-hydrogen) atoms. The van der Waals surface area contributed by atoms with Gasteiger partial charge in [-0.15, -0.1) is 0 Å². The van der Waals surface area contributed by atoms with Gasteiger partial charge in [-0.25, -0.2) is 4.99 Å². The molecule has 1 spiro atoms. The number of rotatable bonds is 1. The van der Waals surface area contributed by atoms with Crippen LogP contribution in [0.25, 0.3) is 0 Å². The minimum atomic E-state index is -1.36. The molecule has 116 valence electrons. The summed E-state index contributed by atoms with van der Waals surface area (Å²) in [5, 5.41) is 11.1. The highest BCUT2D eigenvalue weighted by molar-refractivity contribution is 6.04. The zero-order chi connectivity index (χ0) is 15.7. The molecular weight excluding hydrogens is 296 g/mol. The van der Waals surface area contributed by atoms with Gasteiger partial charge in [0.2, 0.25) is 5.91 Å². The molecule has 4 heterocycles. The molecule has 1 amide bonds. The lowest BCUT2D eigenvalue weighted by Gasteiger charge is -2.33. The second-order valence-corrected chi connectivity index (χ2v) is 6.07. The zero-order valence-electron chi connectivity index (χ0n) is 12.2. The van der Waals surface area contributed by atoms with E-state index in [0.717, 1.165) is 0 Å². The van der Waals surface area contributed by atoms with E-state index in [0.29, 0.717) is 29.9 Å². The van der Waals surface area contributed by atoms with Gasteiger partial charge in [0.05, 0.1) is 18.2 Å². The van der Waals surface area contributed by atoms with Crippen molar-refractivity contribution < 1.29 is 19.1 Å². The molecule has 1 aromatic carbocycles. The molecule has 0 saturated carbocycles. The van der Waals surface area contributed by atoms with E-state index in [-0.39, 0.29) is 5.91 Å². The van der Waals surface area contributed by atoms with Crippen LogP contribution in [0.4, 0.5) is 5.69 Å². The number of para-hydroxylation sites is 1. The molecule has 2 bridgehead atoms. The second-order valence-electron chi connectivity index (χ2n) is 6.07. The van der Waals surface area contributed by atoms with Crippen LogP contribution in [0, 0.1) is 0 Å². The molecule has 1 N–H and O–H groups in total. The molecule has 5 rings (SSSR count). The predicted molar refractivity (Wildman–Crippen MR) is 80.8 cm³/mol. The lowest BCUT2D eigenvalue weighted by Crippen LogP contribution is -2.48. The van der Waals surface area contributed by atoms with Gasteiger partial charge in [0.1, 0.15) is 6.10 Å². The normalized spacial score (nSPS) is 34.4. The molecule has 0 aliphatic carbocycles.